The van der Waals surface area contributed by atoms with Crippen molar-refractivity contribution in [3.05, 3.63) is 48.8 Å². The van der Waals surface area contributed by atoms with Crippen molar-refractivity contribution >= 4 is 7.82 Å². The summed E-state index contributed by atoms with van der Waals surface area (Å²) in [5.41, 5.74) is 0. The molecule has 7 heteroatoms. The minimum Gasteiger partial charge on any atom is -0.736 e. The summed E-state index contributed by atoms with van der Waals surface area (Å²) in [6.45, 7) is 0. The van der Waals surface area contributed by atoms with E-state index >= 15 is 0 Å². The quantitative estimate of drug-likeness (QED) is 0.763. The van der Waals surface area contributed by atoms with Gasteiger partial charge >= 0.3 is 7.82 Å². The standard InChI is InChI=1S/C10H9N2O4P/c13-17(14,15-9-5-1-3-7-11-9)16-10-6-2-4-8-12-10/h1-8H,(H,13,14)/p-1. The van der Waals surface area contributed by atoms with Crippen LogP contribution in [0, 0.1) is 0 Å². The number of rotatable bonds is 4. The van der Waals surface area contributed by atoms with Gasteiger partial charge in [0.05, 0.1) is 0 Å². The first-order valence-corrected chi connectivity index (χ1v) is 6.14. The topological polar surface area (TPSA) is 84.4 Å². The molecule has 0 N–H and O–H groups in total. The molecule has 0 aliphatic rings. The average molecular weight is 251 g/mol. The van der Waals surface area contributed by atoms with Crippen LogP contribution in [0.5, 0.6) is 11.8 Å². The second-order valence-electron chi connectivity index (χ2n) is 2.97. The Balaban J connectivity index is 2.07. The maximum atomic E-state index is 11.5. The normalized spacial score (nSPS) is 10.9. The zero-order valence-electron chi connectivity index (χ0n) is 8.59. The van der Waals surface area contributed by atoms with Crippen LogP contribution < -0.4 is 13.9 Å². The first-order chi connectivity index (χ1) is 8.16. The number of hydrogen-bond donors (Lipinski definition) is 0. The van der Waals surface area contributed by atoms with Crippen LogP contribution in [0.3, 0.4) is 0 Å². The van der Waals surface area contributed by atoms with Gasteiger partial charge in [-0.2, -0.15) is 0 Å². The van der Waals surface area contributed by atoms with Crippen LogP contribution in [0.15, 0.2) is 48.8 Å². The Hall–Kier alpha value is -1.91. The van der Waals surface area contributed by atoms with Gasteiger partial charge in [-0.25, -0.2) is 14.5 Å². The van der Waals surface area contributed by atoms with Crippen molar-refractivity contribution in [1.82, 2.24) is 9.97 Å². The number of nitrogens with zero attached hydrogens (tertiary/aromatic N) is 2. The summed E-state index contributed by atoms with van der Waals surface area (Å²) in [7, 11) is -4.51. The highest BCUT2D eigenvalue weighted by molar-refractivity contribution is 7.46. The van der Waals surface area contributed by atoms with Crippen molar-refractivity contribution in [3.63, 3.8) is 0 Å². The molecule has 0 aliphatic carbocycles. The molecule has 0 aromatic carbocycles. The molecule has 0 saturated carbocycles. The van der Waals surface area contributed by atoms with E-state index in [9.17, 15) is 9.46 Å². The van der Waals surface area contributed by atoms with Gasteiger partial charge in [0.2, 0.25) is 11.8 Å². The minimum atomic E-state index is -4.51. The molecule has 2 rings (SSSR count). The summed E-state index contributed by atoms with van der Waals surface area (Å²) in [5, 5.41) is 0. The number of pyridine rings is 2. The predicted octanol–water partition coefficient (Wildman–Crippen LogP) is 1.40. The molecular weight excluding hydrogens is 243 g/mol. The van der Waals surface area contributed by atoms with E-state index in [0.717, 1.165) is 0 Å². The van der Waals surface area contributed by atoms with Gasteiger partial charge in [0, 0.05) is 24.5 Å². The second kappa shape index (κ2) is 4.95. The van der Waals surface area contributed by atoms with E-state index in [-0.39, 0.29) is 11.8 Å². The van der Waals surface area contributed by atoms with E-state index in [1.54, 1.807) is 24.3 Å². The van der Waals surface area contributed by atoms with Gasteiger partial charge in [-0.15, -0.1) is 0 Å². The fourth-order valence-electron chi connectivity index (χ4n) is 1.05. The van der Waals surface area contributed by atoms with Crippen molar-refractivity contribution < 1.29 is 18.5 Å². The van der Waals surface area contributed by atoms with E-state index in [1.165, 1.54) is 24.5 Å². The third-order valence-electron chi connectivity index (χ3n) is 1.69. The third kappa shape index (κ3) is 3.55. The maximum Gasteiger partial charge on any atom is 0.375 e. The van der Waals surface area contributed by atoms with E-state index < -0.39 is 7.82 Å². The first kappa shape index (κ1) is 11.6. The summed E-state index contributed by atoms with van der Waals surface area (Å²) in [6, 6.07) is 9.30. The lowest BCUT2D eigenvalue weighted by Gasteiger charge is -2.22. The van der Waals surface area contributed by atoms with Crippen LogP contribution in [0.1, 0.15) is 0 Å². The van der Waals surface area contributed by atoms with Crippen LogP contribution in [0.25, 0.3) is 0 Å². The number of hydrogen-bond acceptors (Lipinski definition) is 6. The van der Waals surface area contributed by atoms with Gasteiger partial charge in [-0.05, 0) is 12.1 Å². The van der Waals surface area contributed by atoms with E-state index in [0.29, 0.717) is 0 Å². The molecule has 88 valence electrons. The minimum absolute atomic E-state index is 0.0539. The highest BCUT2D eigenvalue weighted by Crippen LogP contribution is 2.38. The van der Waals surface area contributed by atoms with Crippen LogP contribution in [0.2, 0.25) is 0 Å². The summed E-state index contributed by atoms with van der Waals surface area (Å²) in [6.07, 6.45) is 2.83. The van der Waals surface area contributed by atoms with Crippen LogP contribution in [-0.2, 0) is 4.57 Å². The van der Waals surface area contributed by atoms with Gasteiger partial charge < -0.3 is 13.9 Å². The largest absolute Gasteiger partial charge is 0.736 e. The lowest BCUT2D eigenvalue weighted by atomic mass is 10.5. The fourth-order valence-corrected chi connectivity index (χ4v) is 1.76. The molecule has 0 fully saturated rings. The van der Waals surface area contributed by atoms with Gasteiger partial charge in [0.1, 0.15) is 0 Å². The van der Waals surface area contributed by atoms with Crippen LogP contribution >= 0.6 is 7.82 Å². The third-order valence-corrected chi connectivity index (χ3v) is 2.51. The molecule has 2 aromatic rings. The highest BCUT2D eigenvalue weighted by Gasteiger charge is 2.14. The van der Waals surface area contributed by atoms with Crippen LogP contribution in [0.4, 0.5) is 0 Å². The number of aromatic nitrogens is 2. The molecule has 0 radical (unpaired) electrons. The van der Waals surface area contributed by atoms with Gasteiger partial charge in [0.25, 0.3) is 0 Å². The molecular formula is C10H8N2O4P-. The molecule has 0 unspecified atom stereocenters. The molecule has 0 atom stereocenters. The van der Waals surface area contributed by atoms with Gasteiger partial charge in [-0.1, -0.05) is 12.1 Å². The van der Waals surface area contributed by atoms with Crippen molar-refractivity contribution in [1.29, 1.82) is 0 Å². The van der Waals surface area contributed by atoms with Crippen LogP contribution in [-0.4, -0.2) is 9.97 Å². The molecule has 0 bridgehead atoms. The lowest BCUT2D eigenvalue weighted by Crippen LogP contribution is -2.13. The average Bonchev–Trinajstić information content (AvgIpc) is 2.30. The summed E-state index contributed by atoms with van der Waals surface area (Å²) < 4.78 is 20.7. The molecule has 2 heterocycles. The Morgan fingerprint density at radius 2 is 1.41 bits per heavy atom. The van der Waals surface area contributed by atoms with E-state index in [2.05, 4.69) is 19.0 Å². The summed E-state index contributed by atoms with van der Waals surface area (Å²) in [4.78, 5) is 18.9. The molecule has 2 aromatic heterocycles. The van der Waals surface area contributed by atoms with Gasteiger partial charge in [-0.3, -0.25) is 0 Å². The Kier molecular flexibility index (Phi) is 3.37. The number of phosphoric acid groups is 1. The molecule has 0 aliphatic heterocycles. The van der Waals surface area contributed by atoms with Crippen molar-refractivity contribution in [2.45, 2.75) is 0 Å². The van der Waals surface area contributed by atoms with E-state index in [1.807, 2.05) is 0 Å². The summed E-state index contributed by atoms with van der Waals surface area (Å²) >= 11 is 0. The van der Waals surface area contributed by atoms with E-state index in [4.69, 9.17) is 0 Å². The summed E-state index contributed by atoms with van der Waals surface area (Å²) in [5.74, 6) is -0.108. The molecule has 17 heavy (non-hydrogen) atoms. The number of phosphoric ester groups is 1. The Bertz CT molecular complexity index is 475. The van der Waals surface area contributed by atoms with Gasteiger partial charge in [0.15, 0.2) is 0 Å². The lowest BCUT2D eigenvalue weighted by molar-refractivity contribution is -0.209. The smallest absolute Gasteiger partial charge is 0.375 e. The zero-order chi connectivity index (χ0) is 12.1. The van der Waals surface area contributed by atoms with Crippen molar-refractivity contribution in [2.75, 3.05) is 0 Å². The molecule has 0 spiro atoms. The van der Waals surface area contributed by atoms with Crippen molar-refractivity contribution in [3.8, 4) is 11.8 Å². The monoisotopic (exact) mass is 251 g/mol. The molecule has 0 saturated heterocycles. The fraction of sp³-hybridized carbons (Fsp3) is 0. The highest BCUT2D eigenvalue weighted by atomic mass is 31.2. The predicted molar refractivity (Wildman–Crippen MR) is 57.3 cm³/mol. The molecule has 6 nitrogen and oxygen atoms in total. The van der Waals surface area contributed by atoms with Crippen molar-refractivity contribution in [2.24, 2.45) is 0 Å². The Morgan fingerprint density at radius 3 is 1.76 bits per heavy atom. The Morgan fingerprint density at radius 1 is 0.941 bits per heavy atom. The second-order valence-corrected chi connectivity index (χ2v) is 4.23. The Labute approximate surface area is 97.5 Å². The zero-order valence-corrected chi connectivity index (χ0v) is 9.49. The maximum absolute atomic E-state index is 11.5. The molecule has 0 amide bonds. The first-order valence-electron chi connectivity index (χ1n) is 4.68. The SMILES string of the molecule is O=P([O-])(Oc1ccccn1)Oc1ccccn1.